The summed E-state index contributed by atoms with van der Waals surface area (Å²) in [6, 6.07) is 0. The van der Waals surface area contributed by atoms with Gasteiger partial charge in [-0.1, -0.05) is 19.2 Å². The molecule has 0 aliphatic carbocycles. The number of nitrogens with two attached hydrogens (primary N) is 1. The van der Waals surface area contributed by atoms with E-state index in [9.17, 15) is 0 Å². The molecule has 2 heteroatoms. The summed E-state index contributed by atoms with van der Waals surface area (Å²) in [6.45, 7) is 9.01. The van der Waals surface area contributed by atoms with Crippen molar-refractivity contribution in [3.8, 4) is 0 Å². The van der Waals surface area contributed by atoms with Crippen LogP contribution >= 0.6 is 0 Å². The zero-order valence-corrected chi connectivity index (χ0v) is 6.80. The molecule has 0 saturated heterocycles. The molecule has 3 N–H and O–H groups in total. The lowest BCUT2D eigenvalue weighted by molar-refractivity contribution is 1.19. The first kappa shape index (κ1) is 9.56. The van der Waals surface area contributed by atoms with Gasteiger partial charge in [-0.25, -0.2) is 0 Å². The summed E-state index contributed by atoms with van der Waals surface area (Å²) in [7, 11) is 0. The quantitative estimate of drug-likeness (QED) is 0.598. The molecule has 2 nitrogen and oxygen atoms in total. The fraction of sp³-hybridized carbons (Fsp3) is 0.111. The number of allylic oxidation sites excluding steroid dienone is 2. The fourth-order valence-corrected chi connectivity index (χ4v) is 0.595. The molecule has 0 aromatic rings. The molecule has 0 aromatic carbocycles. The first-order valence-corrected chi connectivity index (χ1v) is 3.37. The van der Waals surface area contributed by atoms with Crippen LogP contribution in [0.25, 0.3) is 0 Å². The van der Waals surface area contributed by atoms with Gasteiger partial charge in [0.2, 0.25) is 0 Å². The minimum atomic E-state index is 0.564. The van der Waals surface area contributed by atoms with Gasteiger partial charge in [0.25, 0.3) is 0 Å². The van der Waals surface area contributed by atoms with Crippen molar-refractivity contribution in [2.24, 2.45) is 5.73 Å². The lowest BCUT2D eigenvalue weighted by Crippen LogP contribution is -1.98. The summed E-state index contributed by atoms with van der Waals surface area (Å²) in [5.41, 5.74) is 6.94. The highest BCUT2D eigenvalue weighted by atomic mass is 14.8. The summed E-state index contributed by atoms with van der Waals surface area (Å²) in [6.07, 6.45) is 7.07. The van der Waals surface area contributed by atoms with Gasteiger partial charge < -0.3 is 11.1 Å². The average molecular weight is 150 g/mol. The second kappa shape index (κ2) is 5.35. The van der Waals surface area contributed by atoms with Crippen molar-refractivity contribution in [1.82, 2.24) is 5.32 Å². The molecule has 0 rings (SSSR count). The molecule has 0 saturated carbocycles. The van der Waals surface area contributed by atoms with Crippen LogP contribution in [0.4, 0.5) is 0 Å². The van der Waals surface area contributed by atoms with E-state index in [0.717, 1.165) is 5.57 Å². The van der Waals surface area contributed by atoms with Crippen molar-refractivity contribution in [3.63, 3.8) is 0 Å². The van der Waals surface area contributed by atoms with Crippen molar-refractivity contribution < 1.29 is 0 Å². The lowest BCUT2D eigenvalue weighted by Gasteiger charge is -1.97. The maximum absolute atomic E-state index is 5.46. The molecule has 0 amide bonds. The van der Waals surface area contributed by atoms with E-state index in [-0.39, 0.29) is 0 Å². The largest absolute Gasteiger partial charge is 0.399 e. The van der Waals surface area contributed by atoms with Gasteiger partial charge in [0.05, 0.1) is 0 Å². The minimum Gasteiger partial charge on any atom is -0.399 e. The fourth-order valence-electron chi connectivity index (χ4n) is 0.595. The third-order valence-electron chi connectivity index (χ3n) is 1.16. The number of hydrogen-bond donors (Lipinski definition) is 2. The maximum Gasteiger partial charge on any atom is 0.0311 e. The summed E-state index contributed by atoms with van der Waals surface area (Å²) in [5, 5.41) is 2.81. The van der Waals surface area contributed by atoms with Gasteiger partial charge in [0, 0.05) is 11.9 Å². The molecule has 0 unspecified atom stereocenters. The molecule has 0 spiro atoms. The summed E-state index contributed by atoms with van der Waals surface area (Å²) >= 11 is 0. The van der Waals surface area contributed by atoms with Crippen LogP contribution in [0.1, 0.15) is 6.92 Å². The van der Waals surface area contributed by atoms with Crippen LogP contribution < -0.4 is 11.1 Å². The van der Waals surface area contributed by atoms with Gasteiger partial charge in [0.15, 0.2) is 0 Å². The molecule has 0 bridgehead atoms. The SMILES string of the molecule is C=CN/C=C\C(=C/C)C(=C)N. The van der Waals surface area contributed by atoms with Gasteiger partial charge in [-0.2, -0.15) is 0 Å². The molecular formula is C9H14N2. The smallest absolute Gasteiger partial charge is 0.0311 e. The van der Waals surface area contributed by atoms with Crippen molar-refractivity contribution in [2.45, 2.75) is 6.92 Å². The van der Waals surface area contributed by atoms with Crippen LogP contribution in [0.2, 0.25) is 0 Å². The van der Waals surface area contributed by atoms with Gasteiger partial charge in [-0.3, -0.25) is 0 Å². The Hall–Kier alpha value is -1.44. The second-order valence-electron chi connectivity index (χ2n) is 1.97. The number of nitrogens with one attached hydrogen (secondary N) is 1. The Bertz CT molecular complexity index is 200. The average Bonchev–Trinajstić information content (AvgIpc) is 1.97. The van der Waals surface area contributed by atoms with E-state index in [2.05, 4.69) is 18.5 Å². The highest BCUT2D eigenvalue weighted by Crippen LogP contribution is 2.01. The predicted octanol–water partition coefficient (Wildman–Crippen LogP) is 1.65. The van der Waals surface area contributed by atoms with E-state index in [1.165, 1.54) is 0 Å². The molecule has 0 aliphatic rings. The second-order valence-corrected chi connectivity index (χ2v) is 1.97. The predicted molar refractivity (Wildman–Crippen MR) is 49.6 cm³/mol. The van der Waals surface area contributed by atoms with E-state index >= 15 is 0 Å². The first-order valence-electron chi connectivity index (χ1n) is 3.37. The molecule has 0 aliphatic heterocycles. The number of hydrogen-bond acceptors (Lipinski definition) is 2. The molecule has 0 radical (unpaired) electrons. The highest BCUT2D eigenvalue weighted by Gasteiger charge is 1.88. The zero-order valence-electron chi connectivity index (χ0n) is 6.80. The van der Waals surface area contributed by atoms with Crippen molar-refractivity contribution >= 4 is 0 Å². The van der Waals surface area contributed by atoms with Crippen LogP contribution in [0.15, 0.2) is 49.0 Å². The third-order valence-corrected chi connectivity index (χ3v) is 1.16. The van der Waals surface area contributed by atoms with Gasteiger partial charge in [-0.15, -0.1) is 0 Å². The third kappa shape index (κ3) is 4.03. The van der Waals surface area contributed by atoms with Crippen LogP contribution in [0.5, 0.6) is 0 Å². The molecular weight excluding hydrogens is 136 g/mol. The monoisotopic (exact) mass is 150 g/mol. The van der Waals surface area contributed by atoms with Gasteiger partial charge in [-0.05, 0) is 24.8 Å². The van der Waals surface area contributed by atoms with Crippen LogP contribution in [0.3, 0.4) is 0 Å². The maximum atomic E-state index is 5.46. The van der Waals surface area contributed by atoms with Crippen LogP contribution in [-0.4, -0.2) is 0 Å². The van der Waals surface area contributed by atoms with Crippen molar-refractivity contribution in [3.05, 3.63) is 49.0 Å². The minimum absolute atomic E-state index is 0.564. The van der Waals surface area contributed by atoms with Gasteiger partial charge >= 0.3 is 0 Å². The number of rotatable bonds is 4. The zero-order chi connectivity index (χ0) is 8.69. The molecule has 60 valence electrons. The van der Waals surface area contributed by atoms with E-state index < -0.39 is 0 Å². The standard InChI is InChI=1S/C9H14N2/c1-4-9(8(3)10)6-7-11-5-2/h4-7,11H,2-3,10H2,1H3/b7-6-,9-4+. The molecule has 0 aromatic heterocycles. The normalized spacial score (nSPS) is 11.5. The van der Waals surface area contributed by atoms with Crippen LogP contribution in [-0.2, 0) is 0 Å². The van der Waals surface area contributed by atoms with Crippen molar-refractivity contribution in [1.29, 1.82) is 0 Å². The summed E-state index contributed by atoms with van der Waals surface area (Å²) in [4.78, 5) is 0. The lowest BCUT2D eigenvalue weighted by atomic mass is 10.2. The highest BCUT2D eigenvalue weighted by molar-refractivity contribution is 5.34. The molecule has 0 fully saturated rings. The Kier molecular flexibility index (Phi) is 4.65. The molecule has 0 heterocycles. The Morgan fingerprint density at radius 3 is 2.55 bits per heavy atom. The Morgan fingerprint density at radius 1 is 1.55 bits per heavy atom. The Labute approximate surface area is 67.8 Å². The van der Waals surface area contributed by atoms with Gasteiger partial charge in [0.1, 0.15) is 0 Å². The van der Waals surface area contributed by atoms with E-state index in [4.69, 9.17) is 5.73 Å². The molecule has 11 heavy (non-hydrogen) atoms. The van der Waals surface area contributed by atoms with Crippen LogP contribution in [0, 0.1) is 0 Å². The van der Waals surface area contributed by atoms with E-state index in [0.29, 0.717) is 5.70 Å². The topological polar surface area (TPSA) is 38.0 Å². The summed E-state index contributed by atoms with van der Waals surface area (Å²) in [5.74, 6) is 0. The Balaban J connectivity index is 4.10. The summed E-state index contributed by atoms with van der Waals surface area (Å²) < 4.78 is 0. The van der Waals surface area contributed by atoms with E-state index in [1.54, 1.807) is 12.4 Å². The Morgan fingerprint density at radius 2 is 2.18 bits per heavy atom. The van der Waals surface area contributed by atoms with Crippen molar-refractivity contribution in [2.75, 3.05) is 0 Å². The van der Waals surface area contributed by atoms with E-state index in [1.807, 2.05) is 19.1 Å². The molecule has 0 atom stereocenters. The first-order chi connectivity index (χ1) is 5.22.